The van der Waals surface area contributed by atoms with Crippen LogP contribution in [0.5, 0.6) is 0 Å². The summed E-state index contributed by atoms with van der Waals surface area (Å²) in [5.41, 5.74) is 1.67. The smallest absolute Gasteiger partial charge is 0.262 e. The molecule has 31 heavy (non-hydrogen) atoms. The number of thiophene rings is 1. The van der Waals surface area contributed by atoms with Crippen LogP contribution in [-0.2, 0) is 16.1 Å². The number of nitrogens with one attached hydrogen (secondary N) is 1. The van der Waals surface area contributed by atoms with Gasteiger partial charge in [-0.2, -0.15) is 0 Å². The van der Waals surface area contributed by atoms with E-state index in [-0.39, 0.29) is 29.7 Å². The van der Waals surface area contributed by atoms with Gasteiger partial charge in [-0.05, 0) is 44.4 Å². The molecule has 0 unspecified atom stereocenters. The number of piperidine rings is 1. The van der Waals surface area contributed by atoms with Crippen LogP contribution < -0.4 is 10.9 Å². The van der Waals surface area contributed by atoms with E-state index in [2.05, 4.69) is 10.3 Å². The normalized spacial score (nSPS) is 14.7. The van der Waals surface area contributed by atoms with E-state index in [9.17, 15) is 14.4 Å². The van der Waals surface area contributed by atoms with E-state index in [1.54, 1.807) is 4.90 Å². The summed E-state index contributed by atoms with van der Waals surface area (Å²) in [7, 11) is 0. The number of aromatic nitrogens is 2. The number of carbonyl (C=O) groups excluding carboxylic acids is 2. The lowest BCUT2D eigenvalue weighted by molar-refractivity contribution is -0.134. The number of hydrogen-bond donors (Lipinski definition) is 1. The Bertz CT molecular complexity index is 1160. The van der Waals surface area contributed by atoms with E-state index >= 15 is 0 Å². The van der Waals surface area contributed by atoms with Crippen LogP contribution in [0.2, 0.25) is 0 Å². The molecule has 1 aliphatic rings. The molecule has 0 aliphatic carbocycles. The summed E-state index contributed by atoms with van der Waals surface area (Å²) in [6.07, 6.45) is 3.07. The van der Waals surface area contributed by atoms with Gasteiger partial charge in [0.15, 0.2) is 0 Å². The Morgan fingerprint density at radius 3 is 2.58 bits per heavy atom. The van der Waals surface area contributed by atoms with Gasteiger partial charge in [0, 0.05) is 42.5 Å². The van der Waals surface area contributed by atoms with Crippen molar-refractivity contribution in [1.29, 1.82) is 0 Å². The second-order valence-electron chi connectivity index (χ2n) is 7.97. The molecule has 7 nitrogen and oxygen atoms in total. The Labute approximate surface area is 184 Å². The number of aryl methyl sites for hydroxylation is 3. The fourth-order valence-corrected chi connectivity index (χ4v) is 4.95. The molecule has 8 heteroatoms. The van der Waals surface area contributed by atoms with Gasteiger partial charge >= 0.3 is 0 Å². The zero-order valence-electron chi connectivity index (χ0n) is 17.8. The molecule has 2 aromatic heterocycles. The number of benzene rings is 1. The fraction of sp³-hybridized carbons (Fsp3) is 0.391. The molecule has 0 atom stereocenters. The van der Waals surface area contributed by atoms with Crippen LogP contribution in [0.25, 0.3) is 10.2 Å². The zero-order chi connectivity index (χ0) is 22.0. The maximum atomic E-state index is 12.8. The standard InChI is InChI=1S/C23H26N4O3S/c1-15-16(2)31-22-20(15)23(30)27(14-24-22)13-10-19(28)26-11-8-17(9-12-26)21(29)25-18-6-4-3-5-7-18/h3-7,14,17H,8-13H2,1-2H3,(H,25,29). The van der Waals surface area contributed by atoms with Gasteiger partial charge in [0.05, 0.1) is 11.7 Å². The Morgan fingerprint density at radius 1 is 1.16 bits per heavy atom. The van der Waals surface area contributed by atoms with Crippen molar-refractivity contribution >= 4 is 39.1 Å². The minimum absolute atomic E-state index is 0.00524. The molecule has 1 N–H and O–H groups in total. The monoisotopic (exact) mass is 438 g/mol. The van der Waals surface area contributed by atoms with Gasteiger partial charge in [-0.3, -0.25) is 19.0 Å². The summed E-state index contributed by atoms with van der Waals surface area (Å²) in [4.78, 5) is 45.9. The van der Waals surface area contributed by atoms with Gasteiger partial charge in [-0.25, -0.2) is 4.98 Å². The average molecular weight is 439 g/mol. The fourth-order valence-electron chi connectivity index (χ4n) is 3.96. The van der Waals surface area contributed by atoms with Crippen LogP contribution in [0, 0.1) is 19.8 Å². The van der Waals surface area contributed by atoms with Gasteiger partial charge in [0.1, 0.15) is 4.83 Å². The van der Waals surface area contributed by atoms with Crippen LogP contribution in [0.15, 0.2) is 41.5 Å². The number of anilines is 1. The molecule has 0 spiro atoms. The first-order valence-corrected chi connectivity index (χ1v) is 11.3. The molecular formula is C23H26N4O3S. The first kappa shape index (κ1) is 21.2. The van der Waals surface area contributed by atoms with Crippen molar-refractivity contribution in [2.45, 2.75) is 39.7 Å². The summed E-state index contributed by atoms with van der Waals surface area (Å²) < 4.78 is 1.53. The van der Waals surface area contributed by atoms with E-state index in [0.29, 0.717) is 37.9 Å². The second kappa shape index (κ2) is 9.01. The second-order valence-corrected chi connectivity index (χ2v) is 9.17. The maximum Gasteiger partial charge on any atom is 0.262 e. The topological polar surface area (TPSA) is 84.3 Å². The molecule has 1 saturated heterocycles. The molecule has 3 aromatic rings. The first-order valence-electron chi connectivity index (χ1n) is 10.5. The minimum Gasteiger partial charge on any atom is -0.343 e. The van der Waals surface area contributed by atoms with Crippen molar-refractivity contribution in [3.05, 3.63) is 57.5 Å². The number of carbonyl (C=O) groups is 2. The highest BCUT2D eigenvalue weighted by molar-refractivity contribution is 7.18. The van der Waals surface area contributed by atoms with Crippen LogP contribution in [-0.4, -0.2) is 39.4 Å². The summed E-state index contributed by atoms with van der Waals surface area (Å²) in [5.74, 6) is -0.0823. The first-order chi connectivity index (χ1) is 14.9. The van der Waals surface area contributed by atoms with E-state index < -0.39 is 0 Å². The van der Waals surface area contributed by atoms with Crippen LogP contribution in [0.4, 0.5) is 5.69 Å². The molecular weight excluding hydrogens is 412 g/mol. The highest BCUT2D eigenvalue weighted by atomic mass is 32.1. The van der Waals surface area contributed by atoms with Crippen LogP contribution in [0.3, 0.4) is 0 Å². The third-order valence-electron chi connectivity index (χ3n) is 5.98. The molecule has 0 saturated carbocycles. The van der Waals surface area contributed by atoms with Gasteiger partial charge in [0.25, 0.3) is 5.56 Å². The number of rotatable bonds is 5. The largest absolute Gasteiger partial charge is 0.343 e. The van der Waals surface area contributed by atoms with Gasteiger partial charge < -0.3 is 10.2 Å². The molecule has 0 bridgehead atoms. The van der Waals surface area contributed by atoms with Crippen molar-refractivity contribution in [2.24, 2.45) is 5.92 Å². The van der Waals surface area contributed by atoms with E-state index in [4.69, 9.17) is 0 Å². The van der Waals surface area contributed by atoms with Crippen molar-refractivity contribution < 1.29 is 9.59 Å². The number of para-hydroxylation sites is 1. The Kier molecular flexibility index (Phi) is 6.18. The van der Waals surface area contributed by atoms with Crippen molar-refractivity contribution in [3.63, 3.8) is 0 Å². The van der Waals surface area contributed by atoms with Gasteiger partial charge in [0.2, 0.25) is 11.8 Å². The Balaban J connectivity index is 1.31. The van der Waals surface area contributed by atoms with E-state index in [1.165, 1.54) is 22.2 Å². The van der Waals surface area contributed by atoms with E-state index in [1.807, 2.05) is 44.2 Å². The highest BCUT2D eigenvalue weighted by Crippen LogP contribution is 2.25. The Morgan fingerprint density at radius 2 is 1.87 bits per heavy atom. The number of nitrogens with zero attached hydrogens (tertiary/aromatic N) is 3. The molecule has 1 fully saturated rings. The van der Waals surface area contributed by atoms with Crippen molar-refractivity contribution in [1.82, 2.24) is 14.5 Å². The quantitative estimate of drug-likeness (QED) is 0.662. The maximum absolute atomic E-state index is 12.8. The molecule has 2 amide bonds. The number of amides is 2. The van der Waals surface area contributed by atoms with Crippen molar-refractivity contribution in [3.8, 4) is 0 Å². The Hall–Kier alpha value is -3.00. The molecule has 4 rings (SSSR count). The van der Waals surface area contributed by atoms with Crippen LogP contribution in [0.1, 0.15) is 29.7 Å². The van der Waals surface area contributed by atoms with Gasteiger partial charge in [-0.1, -0.05) is 18.2 Å². The van der Waals surface area contributed by atoms with Crippen molar-refractivity contribution in [2.75, 3.05) is 18.4 Å². The molecule has 1 aliphatic heterocycles. The summed E-state index contributed by atoms with van der Waals surface area (Å²) in [5, 5.41) is 3.60. The number of hydrogen-bond acceptors (Lipinski definition) is 5. The summed E-state index contributed by atoms with van der Waals surface area (Å²) >= 11 is 1.52. The minimum atomic E-state index is -0.0942. The molecule has 0 radical (unpaired) electrons. The molecule has 162 valence electrons. The predicted octanol–water partition coefficient (Wildman–Crippen LogP) is 3.34. The third kappa shape index (κ3) is 4.54. The molecule has 1 aromatic carbocycles. The lowest BCUT2D eigenvalue weighted by Gasteiger charge is -2.31. The zero-order valence-corrected chi connectivity index (χ0v) is 18.6. The average Bonchev–Trinajstić information content (AvgIpc) is 3.08. The third-order valence-corrected chi connectivity index (χ3v) is 7.10. The summed E-state index contributed by atoms with van der Waals surface area (Å²) in [6.45, 7) is 5.34. The highest BCUT2D eigenvalue weighted by Gasteiger charge is 2.27. The number of likely N-dealkylation sites (tertiary alicyclic amines) is 1. The molecule has 3 heterocycles. The van der Waals surface area contributed by atoms with E-state index in [0.717, 1.165) is 21.0 Å². The van der Waals surface area contributed by atoms with Crippen LogP contribution >= 0.6 is 11.3 Å². The van der Waals surface area contributed by atoms with Gasteiger partial charge in [-0.15, -0.1) is 11.3 Å². The lowest BCUT2D eigenvalue weighted by atomic mass is 9.95. The summed E-state index contributed by atoms with van der Waals surface area (Å²) in [6, 6.07) is 9.41. The predicted molar refractivity (Wildman–Crippen MR) is 122 cm³/mol. The number of fused-ring (bicyclic) bond motifs is 1. The SMILES string of the molecule is Cc1sc2ncn(CCC(=O)N3CCC(C(=O)Nc4ccccc4)CC3)c(=O)c2c1C. The lowest BCUT2D eigenvalue weighted by Crippen LogP contribution is -2.42.